The summed E-state index contributed by atoms with van der Waals surface area (Å²) in [6, 6.07) is 21.7. The van der Waals surface area contributed by atoms with Crippen molar-refractivity contribution in [1.82, 2.24) is 4.98 Å². The molecular formula is C20H13N. The van der Waals surface area contributed by atoms with Crippen LogP contribution in [0.4, 0.5) is 0 Å². The van der Waals surface area contributed by atoms with Gasteiger partial charge in [-0.3, -0.25) is 4.98 Å². The molecule has 0 bridgehead atoms. The van der Waals surface area contributed by atoms with E-state index < -0.39 is 0 Å². The molecule has 0 atom stereocenters. The summed E-state index contributed by atoms with van der Waals surface area (Å²) >= 11 is 0. The molecule has 0 unspecified atom stereocenters. The van der Waals surface area contributed by atoms with Crippen LogP contribution in [0.3, 0.4) is 0 Å². The van der Waals surface area contributed by atoms with Crippen LogP contribution in [0.15, 0.2) is 60.7 Å². The van der Waals surface area contributed by atoms with Crippen molar-refractivity contribution >= 4 is 43.2 Å². The van der Waals surface area contributed by atoms with Crippen molar-refractivity contribution < 1.29 is 0 Å². The Hall–Kier alpha value is -2.67. The molecule has 0 fully saturated rings. The van der Waals surface area contributed by atoms with Crippen molar-refractivity contribution in [3.63, 3.8) is 0 Å². The summed E-state index contributed by atoms with van der Waals surface area (Å²) in [7, 11) is 0. The van der Waals surface area contributed by atoms with E-state index >= 15 is 0 Å². The smallest absolute Gasteiger partial charge is 0.0717 e. The van der Waals surface area contributed by atoms with E-state index in [2.05, 4.69) is 67.6 Å². The molecule has 1 aromatic heterocycles. The van der Waals surface area contributed by atoms with Crippen molar-refractivity contribution in [3.8, 4) is 0 Å². The van der Waals surface area contributed by atoms with Crippen LogP contribution in [0.2, 0.25) is 0 Å². The maximum atomic E-state index is 4.81. The molecule has 0 saturated carbocycles. The van der Waals surface area contributed by atoms with Crippen molar-refractivity contribution in [2.24, 2.45) is 0 Å². The highest BCUT2D eigenvalue weighted by atomic mass is 14.7. The highest BCUT2D eigenvalue weighted by Gasteiger charge is 2.13. The summed E-state index contributed by atoms with van der Waals surface area (Å²) in [4.78, 5) is 4.81. The number of aromatic nitrogens is 1. The number of aryl methyl sites for hydroxylation is 1. The minimum Gasteiger partial charge on any atom is -0.252 e. The van der Waals surface area contributed by atoms with E-state index in [0.29, 0.717) is 0 Å². The predicted octanol–water partition coefficient (Wildman–Crippen LogP) is 5.44. The Morgan fingerprint density at radius 3 is 2.48 bits per heavy atom. The molecule has 1 heteroatoms. The topological polar surface area (TPSA) is 12.9 Å². The van der Waals surface area contributed by atoms with Crippen molar-refractivity contribution in [2.45, 2.75) is 6.92 Å². The van der Waals surface area contributed by atoms with Gasteiger partial charge in [-0.25, -0.2) is 0 Å². The second-order valence-corrected chi connectivity index (χ2v) is 5.71. The first-order chi connectivity index (χ1) is 10.3. The van der Waals surface area contributed by atoms with Crippen LogP contribution in [0.25, 0.3) is 43.2 Å². The summed E-state index contributed by atoms with van der Waals surface area (Å²) < 4.78 is 0. The first-order valence-electron chi connectivity index (χ1n) is 7.26. The zero-order chi connectivity index (χ0) is 14.0. The molecule has 0 N–H and O–H groups in total. The highest BCUT2D eigenvalue weighted by molar-refractivity contribution is 6.28. The van der Waals surface area contributed by atoms with Gasteiger partial charge in [-0.15, -0.1) is 0 Å². The first-order valence-corrected chi connectivity index (χ1v) is 7.26. The van der Waals surface area contributed by atoms with E-state index in [-0.39, 0.29) is 0 Å². The Morgan fingerprint density at radius 1 is 0.667 bits per heavy atom. The summed E-state index contributed by atoms with van der Waals surface area (Å²) in [6.07, 6.45) is 0. The van der Waals surface area contributed by atoms with Gasteiger partial charge in [0.15, 0.2) is 0 Å². The monoisotopic (exact) mass is 267 g/mol. The number of rotatable bonds is 0. The van der Waals surface area contributed by atoms with Crippen LogP contribution in [0.5, 0.6) is 0 Å². The Kier molecular flexibility index (Phi) is 1.95. The van der Waals surface area contributed by atoms with Gasteiger partial charge in [-0.05, 0) is 40.6 Å². The summed E-state index contributed by atoms with van der Waals surface area (Å²) in [5.41, 5.74) is 2.20. The lowest BCUT2D eigenvalue weighted by atomic mass is 9.92. The van der Waals surface area contributed by atoms with E-state index in [4.69, 9.17) is 4.98 Å². The van der Waals surface area contributed by atoms with Crippen molar-refractivity contribution in [1.29, 1.82) is 0 Å². The molecule has 98 valence electrons. The van der Waals surface area contributed by atoms with Crippen LogP contribution in [-0.4, -0.2) is 4.98 Å². The number of pyridine rings is 1. The second-order valence-electron chi connectivity index (χ2n) is 5.71. The van der Waals surface area contributed by atoms with E-state index in [9.17, 15) is 0 Å². The van der Waals surface area contributed by atoms with Gasteiger partial charge in [0.1, 0.15) is 0 Å². The van der Waals surface area contributed by atoms with E-state index in [1.807, 2.05) is 0 Å². The molecule has 0 aliphatic carbocycles. The quantitative estimate of drug-likeness (QED) is 0.269. The second kappa shape index (κ2) is 3.70. The average molecular weight is 267 g/mol. The maximum absolute atomic E-state index is 4.81. The lowest BCUT2D eigenvalue weighted by molar-refractivity contribution is 1.29. The molecule has 1 nitrogen and oxygen atoms in total. The van der Waals surface area contributed by atoms with E-state index in [0.717, 1.165) is 11.2 Å². The van der Waals surface area contributed by atoms with E-state index in [1.54, 1.807) is 0 Å². The Bertz CT molecular complexity index is 1140. The fraction of sp³-hybridized carbons (Fsp3) is 0.0500. The summed E-state index contributed by atoms with van der Waals surface area (Å²) in [5.74, 6) is 0. The number of hydrogen-bond donors (Lipinski definition) is 0. The third kappa shape index (κ3) is 1.33. The molecule has 0 saturated heterocycles. The normalized spacial score (nSPS) is 12.0. The van der Waals surface area contributed by atoms with Gasteiger partial charge in [0.05, 0.1) is 5.52 Å². The fourth-order valence-corrected chi connectivity index (χ4v) is 3.58. The fourth-order valence-electron chi connectivity index (χ4n) is 3.58. The molecule has 5 aromatic rings. The number of benzene rings is 4. The lowest BCUT2D eigenvalue weighted by Gasteiger charge is -2.14. The number of nitrogens with zero attached hydrogens (tertiary/aromatic N) is 1. The van der Waals surface area contributed by atoms with Gasteiger partial charge in [0.25, 0.3) is 0 Å². The van der Waals surface area contributed by atoms with Crippen LogP contribution < -0.4 is 0 Å². The van der Waals surface area contributed by atoms with E-state index in [1.165, 1.54) is 37.7 Å². The minimum atomic E-state index is 1.10. The van der Waals surface area contributed by atoms with Gasteiger partial charge in [-0.2, -0.15) is 0 Å². The third-order valence-electron chi connectivity index (χ3n) is 4.52. The molecule has 0 aliphatic heterocycles. The van der Waals surface area contributed by atoms with Crippen LogP contribution in [-0.2, 0) is 0 Å². The Balaban J connectivity index is 2.25. The summed E-state index contributed by atoms with van der Waals surface area (Å²) in [6.45, 7) is 2.11. The SMILES string of the molecule is Cc1nc2cccc3ccc4c5ccccc5cc1c4c32. The first kappa shape index (κ1) is 11.0. The summed E-state index contributed by atoms with van der Waals surface area (Å²) in [5, 5.41) is 9.13. The average Bonchev–Trinajstić information content (AvgIpc) is 2.53. The van der Waals surface area contributed by atoms with Gasteiger partial charge < -0.3 is 0 Å². The van der Waals surface area contributed by atoms with Gasteiger partial charge in [-0.1, -0.05) is 48.5 Å². The Labute approximate surface area is 122 Å². The highest BCUT2D eigenvalue weighted by Crippen LogP contribution is 2.38. The Morgan fingerprint density at radius 2 is 1.52 bits per heavy atom. The molecular weight excluding hydrogens is 254 g/mol. The molecule has 4 aromatic carbocycles. The van der Waals surface area contributed by atoms with Gasteiger partial charge in [0, 0.05) is 21.9 Å². The van der Waals surface area contributed by atoms with Crippen molar-refractivity contribution in [3.05, 3.63) is 66.4 Å². The molecule has 1 heterocycles. The largest absolute Gasteiger partial charge is 0.252 e. The van der Waals surface area contributed by atoms with Crippen molar-refractivity contribution in [2.75, 3.05) is 0 Å². The standard InChI is InChI=1S/C20H13N/c1-12-17-11-14-5-2-3-7-15(14)16-10-9-13-6-4-8-18(21-12)19(13)20(16)17/h2-11H,1H3. The van der Waals surface area contributed by atoms with Crippen LogP contribution in [0.1, 0.15) is 5.69 Å². The van der Waals surface area contributed by atoms with Gasteiger partial charge in [0.2, 0.25) is 0 Å². The van der Waals surface area contributed by atoms with Crippen LogP contribution >= 0.6 is 0 Å². The number of fused-ring (bicyclic) bond motifs is 2. The third-order valence-corrected chi connectivity index (χ3v) is 4.52. The molecule has 0 radical (unpaired) electrons. The molecule has 0 aliphatic rings. The maximum Gasteiger partial charge on any atom is 0.0717 e. The molecule has 0 amide bonds. The van der Waals surface area contributed by atoms with Gasteiger partial charge >= 0.3 is 0 Å². The zero-order valence-electron chi connectivity index (χ0n) is 11.7. The number of hydrogen-bond acceptors (Lipinski definition) is 1. The predicted molar refractivity (Wildman–Crippen MR) is 90.2 cm³/mol. The minimum absolute atomic E-state index is 1.10. The van der Waals surface area contributed by atoms with Crippen LogP contribution in [0, 0.1) is 6.92 Å². The zero-order valence-corrected chi connectivity index (χ0v) is 11.7. The molecule has 5 rings (SSSR count). The molecule has 21 heavy (non-hydrogen) atoms. The molecule has 0 spiro atoms. The lowest BCUT2D eigenvalue weighted by Crippen LogP contribution is -1.91.